The van der Waals surface area contributed by atoms with Gasteiger partial charge in [0.25, 0.3) is 0 Å². The van der Waals surface area contributed by atoms with E-state index in [1.54, 1.807) is 23.7 Å². The van der Waals surface area contributed by atoms with Crippen LogP contribution in [0.2, 0.25) is 0 Å². The van der Waals surface area contributed by atoms with Crippen molar-refractivity contribution >= 4 is 17.0 Å². The fourth-order valence-corrected chi connectivity index (χ4v) is 2.23. The maximum absolute atomic E-state index is 4.36. The van der Waals surface area contributed by atoms with E-state index < -0.39 is 0 Å². The van der Waals surface area contributed by atoms with Gasteiger partial charge in [-0.25, -0.2) is 15.0 Å². The molecule has 3 aromatic rings. The number of hydrogen-bond acceptors (Lipinski definition) is 5. The zero-order valence-electron chi connectivity index (χ0n) is 10.2. The van der Waals surface area contributed by atoms with Gasteiger partial charge in [0.2, 0.25) is 0 Å². The first-order valence-electron chi connectivity index (χ1n) is 5.90. The van der Waals surface area contributed by atoms with E-state index in [1.807, 2.05) is 41.2 Å². The lowest BCUT2D eigenvalue weighted by molar-refractivity contribution is 1.06. The van der Waals surface area contributed by atoms with Crippen molar-refractivity contribution in [1.82, 2.24) is 15.0 Å². The maximum atomic E-state index is 4.36. The second kappa shape index (κ2) is 5.58. The van der Waals surface area contributed by atoms with Gasteiger partial charge in [0.15, 0.2) is 5.82 Å². The smallest absolute Gasteiger partial charge is 0.159 e. The molecular formula is C14H12N4S. The summed E-state index contributed by atoms with van der Waals surface area (Å²) in [5.41, 5.74) is 4.77. The molecule has 0 aliphatic rings. The molecule has 2 aromatic heterocycles. The molecule has 4 nitrogen and oxygen atoms in total. The van der Waals surface area contributed by atoms with Crippen molar-refractivity contribution < 1.29 is 0 Å². The lowest BCUT2D eigenvalue weighted by atomic mass is 10.2. The van der Waals surface area contributed by atoms with Crippen LogP contribution < -0.4 is 5.32 Å². The van der Waals surface area contributed by atoms with Gasteiger partial charge < -0.3 is 5.32 Å². The molecule has 5 heteroatoms. The number of nitrogens with zero attached hydrogens (tertiary/aromatic N) is 3. The Labute approximate surface area is 115 Å². The minimum absolute atomic E-state index is 0.692. The van der Waals surface area contributed by atoms with E-state index in [9.17, 15) is 0 Å². The average molecular weight is 268 g/mol. The molecule has 0 bridgehead atoms. The van der Waals surface area contributed by atoms with Crippen molar-refractivity contribution in [3.63, 3.8) is 0 Å². The van der Waals surface area contributed by atoms with Crippen molar-refractivity contribution in [2.45, 2.75) is 6.54 Å². The van der Waals surface area contributed by atoms with E-state index in [4.69, 9.17) is 0 Å². The molecule has 0 atom stereocenters. The normalized spacial score (nSPS) is 10.3. The lowest BCUT2D eigenvalue weighted by Gasteiger charge is -2.04. The Bertz CT molecular complexity index is 620. The molecule has 2 heterocycles. The molecule has 0 radical (unpaired) electrons. The van der Waals surface area contributed by atoms with Gasteiger partial charge in [-0.05, 0) is 0 Å². The minimum Gasteiger partial charge on any atom is -0.377 e. The van der Waals surface area contributed by atoms with Crippen molar-refractivity contribution in [3.05, 3.63) is 59.3 Å². The summed E-state index contributed by atoms with van der Waals surface area (Å²) in [4.78, 5) is 12.9. The van der Waals surface area contributed by atoms with Gasteiger partial charge in [0.05, 0.1) is 35.8 Å². The first-order chi connectivity index (χ1) is 9.42. The van der Waals surface area contributed by atoms with E-state index in [-0.39, 0.29) is 0 Å². The Kier molecular flexibility index (Phi) is 3.47. The molecule has 19 heavy (non-hydrogen) atoms. The number of benzene rings is 1. The highest BCUT2D eigenvalue weighted by molar-refractivity contribution is 7.07. The molecule has 0 unspecified atom stereocenters. The molecule has 0 saturated heterocycles. The van der Waals surface area contributed by atoms with Crippen LogP contribution >= 0.6 is 11.3 Å². The zero-order chi connectivity index (χ0) is 12.9. The molecule has 0 aliphatic heterocycles. The number of anilines is 1. The van der Waals surface area contributed by atoms with Crippen molar-refractivity contribution in [1.29, 1.82) is 0 Å². The van der Waals surface area contributed by atoms with Crippen LogP contribution in [-0.2, 0) is 6.54 Å². The fourth-order valence-electron chi connectivity index (χ4n) is 1.67. The Morgan fingerprint density at radius 2 is 1.79 bits per heavy atom. The van der Waals surface area contributed by atoms with Crippen molar-refractivity contribution in [3.8, 4) is 11.4 Å². The number of aromatic nitrogens is 3. The standard InChI is InChI=1S/C14H12N4S/c1-2-4-11(5-3-1)14-16-6-12(7-17-14)15-8-13-9-19-10-18-13/h1-7,9-10,15H,8H2. The first kappa shape index (κ1) is 11.8. The molecule has 0 aliphatic carbocycles. The maximum Gasteiger partial charge on any atom is 0.159 e. The van der Waals surface area contributed by atoms with Crippen LogP contribution in [0.3, 0.4) is 0 Å². The van der Waals surface area contributed by atoms with Crippen LogP contribution in [0.25, 0.3) is 11.4 Å². The third-order valence-electron chi connectivity index (χ3n) is 2.64. The van der Waals surface area contributed by atoms with Gasteiger partial charge in [-0.3, -0.25) is 0 Å². The SMILES string of the molecule is c1ccc(-c2ncc(NCc3cscn3)cn2)cc1. The molecule has 1 N–H and O–H groups in total. The number of rotatable bonds is 4. The molecule has 3 rings (SSSR count). The van der Waals surface area contributed by atoms with E-state index in [1.165, 1.54) is 0 Å². The van der Waals surface area contributed by atoms with E-state index >= 15 is 0 Å². The quantitative estimate of drug-likeness (QED) is 0.789. The van der Waals surface area contributed by atoms with Crippen LogP contribution in [0.15, 0.2) is 53.6 Å². The summed E-state index contributed by atoms with van der Waals surface area (Å²) in [7, 11) is 0. The number of thiazole rings is 1. The van der Waals surface area contributed by atoms with Crippen LogP contribution in [0.5, 0.6) is 0 Å². The highest BCUT2D eigenvalue weighted by Gasteiger charge is 2.01. The van der Waals surface area contributed by atoms with Crippen molar-refractivity contribution in [2.75, 3.05) is 5.32 Å². The second-order valence-electron chi connectivity index (χ2n) is 3.99. The molecule has 94 valence electrons. The van der Waals surface area contributed by atoms with Crippen LogP contribution in [0.4, 0.5) is 5.69 Å². The van der Waals surface area contributed by atoms with E-state index in [2.05, 4.69) is 20.3 Å². The third kappa shape index (κ3) is 2.95. The van der Waals surface area contributed by atoms with Crippen LogP contribution in [-0.4, -0.2) is 15.0 Å². The van der Waals surface area contributed by atoms with Gasteiger partial charge in [-0.1, -0.05) is 30.3 Å². The zero-order valence-corrected chi connectivity index (χ0v) is 11.0. The van der Waals surface area contributed by atoms with Gasteiger partial charge in [-0.15, -0.1) is 11.3 Å². The predicted octanol–water partition coefficient (Wildman–Crippen LogP) is 3.21. The fraction of sp³-hybridized carbons (Fsp3) is 0.0714. The van der Waals surface area contributed by atoms with Crippen LogP contribution in [0.1, 0.15) is 5.69 Å². The molecule has 0 fully saturated rings. The summed E-state index contributed by atoms with van der Waals surface area (Å²) in [6, 6.07) is 9.93. The predicted molar refractivity (Wildman–Crippen MR) is 76.9 cm³/mol. The summed E-state index contributed by atoms with van der Waals surface area (Å²) in [5.74, 6) is 0.736. The highest BCUT2D eigenvalue weighted by atomic mass is 32.1. The van der Waals surface area contributed by atoms with Gasteiger partial charge >= 0.3 is 0 Å². The second-order valence-corrected chi connectivity index (χ2v) is 4.71. The van der Waals surface area contributed by atoms with Crippen LogP contribution in [0, 0.1) is 0 Å². The summed E-state index contributed by atoms with van der Waals surface area (Å²) in [6.07, 6.45) is 3.59. The molecule has 0 saturated carbocycles. The van der Waals surface area contributed by atoms with Gasteiger partial charge in [0.1, 0.15) is 0 Å². The Morgan fingerprint density at radius 3 is 2.47 bits per heavy atom. The summed E-state index contributed by atoms with van der Waals surface area (Å²) < 4.78 is 0. The number of hydrogen-bond donors (Lipinski definition) is 1. The summed E-state index contributed by atoms with van der Waals surface area (Å²) in [5, 5.41) is 5.26. The van der Waals surface area contributed by atoms with E-state index in [0.717, 1.165) is 22.8 Å². The minimum atomic E-state index is 0.692. The average Bonchev–Trinajstić information content (AvgIpc) is 3.00. The first-order valence-corrected chi connectivity index (χ1v) is 6.84. The van der Waals surface area contributed by atoms with E-state index in [0.29, 0.717) is 6.54 Å². The highest BCUT2D eigenvalue weighted by Crippen LogP contribution is 2.15. The topological polar surface area (TPSA) is 50.7 Å². The Morgan fingerprint density at radius 1 is 1.00 bits per heavy atom. The van der Waals surface area contributed by atoms with Gasteiger partial charge in [-0.2, -0.15) is 0 Å². The summed E-state index contributed by atoms with van der Waals surface area (Å²) >= 11 is 1.59. The number of nitrogens with one attached hydrogen (secondary N) is 1. The molecule has 1 aromatic carbocycles. The molecule has 0 amide bonds. The van der Waals surface area contributed by atoms with Crippen molar-refractivity contribution in [2.24, 2.45) is 0 Å². The third-order valence-corrected chi connectivity index (χ3v) is 3.28. The molecular weight excluding hydrogens is 256 g/mol. The lowest BCUT2D eigenvalue weighted by Crippen LogP contribution is -2.01. The largest absolute Gasteiger partial charge is 0.377 e. The Balaban J connectivity index is 1.69. The van der Waals surface area contributed by atoms with Gasteiger partial charge in [0, 0.05) is 10.9 Å². The monoisotopic (exact) mass is 268 g/mol. The Hall–Kier alpha value is -2.27. The summed E-state index contributed by atoms with van der Waals surface area (Å²) in [6.45, 7) is 0.692. The molecule has 0 spiro atoms.